The number of benzene rings is 1. The summed E-state index contributed by atoms with van der Waals surface area (Å²) in [6.45, 7) is 2.82. The van der Waals surface area contributed by atoms with Gasteiger partial charge < -0.3 is 19.3 Å². The normalized spacial score (nSPS) is 22.3. The summed E-state index contributed by atoms with van der Waals surface area (Å²) in [5.74, 6) is -6.20. The molecule has 0 amide bonds. The predicted molar refractivity (Wildman–Crippen MR) is 83.2 cm³/mol. The number of para-hydroxylation sites is 1. The van der Waals surface area contributed by atoms with Crippen molar-refractivity contribution in [2.45, 2.75) is 25.6 Å². The van der Waals surface area contributed by atoms with Crippen LogP contribution in [0, 0.1) is 10.1 Å². The van der Waals surface area contributed by atoms with Gasteiger partial charge in [-0.05, 0) is 13.8 Å². The van der Waals surface area contributed by atoms with Crippen LogP contribution in [0.25, 0.3) is 0 Å². The van der Waals surface area contributed by atoms with Gasteiger partial charge >= 0.3 is 17.7 Å². The quantitative estimate of drug-likeness (QED) is 0.479. The number of ether oxygens (including phenoxy) is 3. The maximum absolute atomic E-state index is 12.3. The van der Waals surface area contributed by atoms with Crippen LogP contribution in [0.1, 0.15) is 25.3 Å². The molecule has 2 atom stereocenters. The zero-order chi connectivity index (χ0) is 18.8. The van der Waals surface area contributed by atoms with Crippen molar-refractivity contribution in [2.24, 2.45) is 0 Å². The van der Waals surface area contributed by atoms with Gasteiger partial charge in [-0.3, -0.25) is 10.1 Å². The molecule has 1 N–H and O–H groups in total. The number of carbonyl (C=O) groups excluding carboxylic acids is 2. The van der Waals surface area contributed by atoms with Crippen LogP contribution >= 0.6 is 0 Å². The smallest absolute Gasteiger partial charge is 0.380 e. The third-order valence-corrected chi connectivity index (χ3v) is 3.79. The van der Waals surface area contributed by atoms with E-state index in [1.165, 1.54) is 38.1 Å². The van der Waals surface area contributed by atoms with Gasteiger partial charge in [-0.25, -0.2) is 9.59 Å². The number of carbonyl (C=O) groups is 2. The van der Waals surface area contributed by atoms with E-state index in [-0.39, 0.29) is 29.2 Å². The average molecular weight is 351 g/mol. The number of nitro groups is 1. The lowest BCUT2D eigenvalue weighted by Crippen LogP contribution is -2.46. The van der Waals surface area contributed by atoms with Crippen LogP contribution in [0.2, 0.25) is 0 Å². The van der Waals surface area contributed by atoms with Crippen molar-refractivity contribution in [1.82, 2.24) is 0 Å². The Hall–Kier alpha value is -2.94. The first kappa shape index (κ1) is 18.4. The van der Waals surface area contributed by atoms with Crippen molar-refractivity contribution in [1.29, 1.82) is 0 Å². The van der Waals surface area contributed by atoms with E-state index < -0.39 is 28.6 Å². The number of nitrogens with zero attached hydrogens (tertiary/aromatic N) is 1. The van der Waals surface area contributed by atoms with Crippen LogP contribution in [0.5, 0.6) is 0 Å². The van der Waals surface area contributed by atoms with E-state index in [0.29, 0.717) is 0 Å². The number of hydrogen-bond acceptors (Lipinski definition) is 8. The fourth-order valence-corrected chi connectivity index (χ4v) is 2.78. The van der Waals surface area contributed by atoms with Crippen molar-refractivity contribution >= 4 is 17.6 Å². The Kier molecular flexibility index (Phi) is 5.07. The minimum absolute atomic E-state index is 0.0548. The number of hydrogen-bond donors (Lipinski definition) is 1. The van der Waals surface area contributed by atoms with Crippen LogP contribution in [0.3, 0.4) is 0 Å². The number of nitro benzene ring substituents is 1. The summed E-state index contributed by atoms with van der Waals surface area (Å²) < 4.78 is 14.7. The summed E-state index contributed by atoms with van der Waals surface area (Å²) in [6.07, 6.45) is 0. The minimum atomic E-state index is -2.62. The van der Waals surface area contributed by atoms with Gasteiger partial charge in [0.1, 0.15) is 11.7 Å². The lowest BCUT2D eigenvalue weighted by molar-refractivity contribution is -0.386. The number of allylic oxidation sites excluding steroid dienone is 1. The highest BCUT2D eigenvalue weighted by molar-refractivity contribution is 5.95. The molecule has 9 heteroatoms. The second-order valence-electron chi connectivity index (χ2n) is 5.23. The first-order valence-corrected chi connectivity index (χ1v) is 7.38. The molecule has 134 valence electrons. The van der Waals surface area contributed by atoms with Gasteiger partial charge in [0, 0.05) is 11.6 Å². The first-order chi connectivity index (χ1) is 11.8. The lowest BCUT2D eigenvalue weighted by Gasteiger charge is -2.27. The molecule has 2 rings (SSSR count). The first-order valence-electron chi connectivity index (χ1n) is 7.38. The molecule has 0 aromatic heterocycles. The van der Waals surface area contributed by atoms with E-state index >= 15 is 0 Å². The molecule has 0 saturated carbocycles. The molecule has 0 aliphatic carbocycles. The van der Waals surface area contributed by atoms with Crippen molar-refractivity contribution in [3.05, 3.63) is 51.3 Å². The molecule has 25 heavy (non-hydrogen) atoms. The molecular weight excluding hydrogens is 334 g/mol. The second-order valence-corrected chi connectivity index (χ2v) is 5.23. The number of methoxy groups -OCH3 is 1. The highest BCUT2D eigenvalue weighted by Crippen LogP contribution is 2.48. The highest BCUT2D eigenvalue weighted by atomic mass is 16.7. The number of aliphatic hydroxyl groups is 1. The van der Waals surface area contributed by atoms with Gasteiger partial charge in [-0.2, -0.15) is 0 Å². The van der Waals surface area contributed by atoms with Gasteiger partial charge in [0.15, 0.2) is 0 Å². The van der Waals surface area contributed by atoms with Gasteiger partial charge in [-0.1, -0.05) is 18.2 Å². The van der Waals surface area contributed by atoms with E-state index in [4.69, 9.17) is 9.47 Å². The summed E-state index contributed by atoms with van der Waals surface area (Å²) in [4.78, 5) is 35.1. The lowest BCUT2D eigenvalue weighted by atomic mass is 9.84. The SMILES string of the molecule is CCOC(=O)[C@@]1(O)OC(C)=C(C(=O)OC)[C@@H]1c1ccccc1[N+](=O)[O-]. The molecule has 1 aliphatic heterocycles. The minimum Gasteiger partial charge on any atom is -0.466 e. The zero-order valence-electron chi connectivity index (χ0n) is 13.8. The summed E-state index contributed by atoms with van der Waals surface area (Å²) in [7, 11) is 1.11. The monoisotopic (exact) mass is 351 g/mol. The standard InChI is InChI=1S/C16H17NO8/c1-4-24-15(19)16(20)13(12(9(2)25-16)14(18)23-3)10-7-5-6-8-11(10)17(21)22/h5-8,13,20H,4H2,1-3H3/t13-,16-/m0/s1. The molecule has 1 aromatic carbocycles. The molecule has 0 fully saturated rings. The molecule has 0 bridgehead atoms. The summed E-state index contributed by atoms with van der Waals surface area (Å²) in [5, 5.41) is 22.2. The van der Waals surface area contributed by atoms with Gasteiger partial charge in [0.05, 0.1) is 24.2 Å². The van der Waals surface area contributed by atoms with Crippen LogP contribution in [0.4, 0.5) is 5.69 Å². The van der Waals surface area contributed by atoms with Crippen LogP contribution in [0.15, 0.2) is 35.6 Å². The van der Waals surface area contributed by atoms with E-state index in [9.17, 15) is 24.8 Å². The van der Waals surface area contributed by atoms with Gasteiger partial charge in [0.25, 0.3) is 5.69 Å². The van der Waals surface area contributed by atoms with Crippen molar-refractivity contribution < 1.29 is 33.8 Å². The van der Waals surface area contributed by atoms with Crippen molar-refractivity contribution in [2.75, 3.05) is 13.7 Å². The Labute approximate surface area is 142 Å². The fourth-order valence-electron chi connectivity index (χ4n) is 2.78. The molecule has 1 aliphatic rings. The van der Waals surface area contributed by atoms with Crippen molar-refractivity contribution in [3.8, 4) is 0 Å². The Bertz CT molecular complexity index is 756. The van der Waals surface area contributed by atoms with E-state index in [2.05, 4.69) is 4.74 Å². The Balaban J connectivity index is 2.70. The highest BCUT2D eigenvalue weighted by Gasteiger charge is 2.59. The maximum Gasteiger partial charge on any atom is 0.380 e. The zero-order valence-corrected chi connectivity index (χ0v) is 13.8. The molecule has 9 nitrogen and oxygen atoms in total. The molecule has 0 radical (unpaired) electrons. The fraction of sp³-hybridized carbons (Fsp3) is 0.375. The molecular formula is C16H17NO8. The van der Waals surface area contributed by atoms with Crippen molar-refractivity contribution in [3.63, 3.8) is 0 Å². The maximum atomic E-state index is 12.3. The molecule has 0 spiro atoms. The van der Waals surface area contributed by atoms with Gasteiger partial charge in [0.2, 0.25) is 0 Å². The number of esters is 2. The van der Waals surface area contributed by atoms with E-state index in [0.717, 1.165) is 7.11 Å². The van der Waals surface area contributed by atoms with Gasteiger partial charge in [-0.15, -0.1) is 0 Å². The largest absolute Gasteiger partial charge is 0.466 e. The molecule has 1 heterocycles. The predicted octanol–water partition coefficient (Wildman–Crippen LogP) is 1.41. The van der Waals surface area contributed by atoms with E-state index in [1.807, 2.05) is 0 Å². The molecule has 0 saturated heterocycles. The Morgan fingerprint density at radius 3 is 2.60 bits per heavy atom. The molecule has 0 unspecified atom stereocenters. The summed E-state index contributed by atoms with van der Waals surface area (Å²) in [5.41, 5.74) is -0.636. The summed E-state index contributed by atoms with van der Waals surface area (Å²) in [6, 6.07) is 5.44. The van der Waals surface area contributed by atoms with Crippen LogP contribution < -0.4 is 0 Å². The average Bonchev–Trinajstić information content (AvgIpc) is 2.86. The number of rotatable bonds is 5. The second kappa shape index (κ2) is 6.89. The third-order valence-electron chi connectivity index (χ3n) is 3.79. The third kappa shape index (κ3) is 3.05. The van der Waals surface area contributed by atoms with E-state index in [1.54, 1.807) is 0 Å². The topological polar surface area (TPSA) is 125 Å². The van der Waals surface area contributed by atoms with Crippen LogP contribution in [-0.2, 0) is 23.8 Å². The Morgan fingerprint density at radius 1 is 1.40 bits per heavy atom. The Morgan fingerprint density at radius 2 is 2.04 bits per heavy atom. The van der Waals surface area contributed by atoms with Crippen LogP contribution in [-0.4, -0.2) is 41.5 Å². The molecule has 1 aromatic rings. The summed E-state index contributed by atoms with van der Waals surface area (Å²) >= 11 is 0.